The summed E-state index contributed by atoms with van der Waals surface area (Å²) in [5.74, 6) is 2.75. The molecule has 148 valence electrons. The minimum Gasteiger partial charge on any atom is -0.465 e. The van der Waals surface area contributed by atoms with Gasteiger partial charge < -0.3 is 19.0 Å². The number of aromatic nitrogens is 2. The first-order valence-corrected chi connectivity index (χ1v) is 9.94. The number of hydrogen-bond acceptors (Lipinski definition) is 5. The molecule has 6 nitrogen and oxygen atoms in total. The summed E-state index contributed by atoms with van der Waals surface area (Å²) in [5.41, 5.74) is 1.99. The third kappa shape index (κ3) is 3.84. The van der Waals surface area contributed by atoms with Gasteiger partial charge in [0.1, 0.15) is 23.4 Å². The van der Waals surface area contributed by atoms with E-state index < -0.39 is 6.10 Å². The van der Waals surface area contributed by atoms with Crippen LogP contribution >= 0.6 is 0 Å². The van der Waals surface area contributed by atoms with Gasteiger partial charge in [-0.2, -0.15) is 0 Å². The van der Waals surface area contributed by atoms with Crippen LogP contribution in [0, 0.1) is 0 Å². The molecule has 1 atom stereocenters. The number of imidazole rings is 1. The highest BCUT2D eigenvalue weighted by molar-refractivity contribution is 5.56. The number of piperazine rings is 1. The molecule has 0 saturated carbocycles. The summed E-state index contributed by atoms with van der Waals surface area (Å²) in [6, 6.07) is 12.3. The number of benzene rings is 1. The number of rotatable bonds is 6. The quantitative estimate of drug-likeness (QED) is 0.712. The first kappa shape index (κ1) is 18.8. The van der Waals surface area contributed by atoms with Crippen molar-refractivity contribution in [3.63, 3.8) is 0 Å². The van der Waals surface area contributed by atoms with E-state index in [4.69, 9.17) is 4.42 Å². The maximum Gasteiger partial charge on any atom is 0.142 e. The lowest BCUT2D eigenvalue weighted by molar-refractivity contribution is 0.205. The molecule has 0 spiro atoms. The maximum absolute atomic E-state index is 10.9. The predicted molar refractivity (Wildman–Crippen MR) is 109 cm³/mol. The van der Waals surface area contributed by atoms with Crippen LogP contribution in [-0.2, 0) is 20.0 Å². The highest BCUT2D eigenvalue weighted by Gasteiger charge is 2.24. The van der Waals surface area contributed by atoms with Gasteiger partial charge in [-0.3, -0.25) is 4.90 Å². The summed E-state index contributed by atoms with van der Waals surface area (Å²) in [5, 5.41) is 10.9. The van der Waals surface area contributed by atoms with Gasteiger partial charge in [-0.25, -0.2) is 4.98 Å². The number of aryl methyl sites for hydroxylation is 2. The van der Waals surface area contributed by atoms with Gasteiger partial charge in [0, 0.05) is 63.3 Å². The lowest BCUT2D eigenvalue weighted by Crippen LogP contribution is -2.46. The topological polar surface area (TPSA) is 57.7 Å². The van der Waals surface area contributed by atoms with Crippen LogP contribution in [0.4, 0.5) is 5.69 Å². The molecule has 1 fully saturated rings. The number of aliphatic hydroxyl groups is 1. The van der Waals surface area contributed by atoms with E-state index >= 15 is 0 Å². The van der Waals surface area contributed by atoms with Crippen molar-refractivity contribution in [3.8, 4) is 0 Å². The molecular formula is C22H28N4O2. The van der Waals surface area contributed by atoms with Crippen LogP contribution in [0.1, 0.15) is 35.9 Å². The summed E-state index contributed by atoms with van der Waals surface area (Å²) in [4.78, 5) is 9.10. The molecule has 0 radical (unpaired) electrons. The molecule has 3 heterocycles. The largest absolute Gasteiger partial charge is 0.465 e. The van der Waals surface area contributed by atoms with Crippen LogP contribution in [0.25, 0.3) is 0 Å². The van der Waals surface area contributed by atoms with Crippen molar-refractivity contribution < 1.29 is 9.52 Å². The Labute approximate surface area is 166 Å². The van der Waals surface area contributed by atoms with E-state index in [9.17, 15) is 5.11 Å². The monoisotopic (exact) mass is 380 g/mol. The van der Waals surface area contributed by atoms with Gasteiger partial charge in [-0.05, 0) is 18.2 Å². The fourth-order valence-corrected chi connectivity index (χ4v) is 3.85. The summed E-state index contributed by atoms with van der Waals surface area (Å²) in [6.07, 6.45) is 3.78. The zero-order valence-electron chi connectivity index (χ0n) is 16.6. The number of para-hydroxylation sites is 1. The molecule has 1 aliphatic heterocycles. The normalized spacial score (nSPS) is 16.5. The second-order valence-corrected chi connectivity index (χ2v) is 7.34. The van der Waals surface area contributed by atoms with Crippen LogP contribution in [0.2, 0.25) is 0 Å². The summed E-state index contributed by atoms with van der Waals surface area (Å²) in [7, 11) is 1.91. The molecule has 28 heavy (non-hydrogen) atoms. The van der Waals surface area contributed by atoms with Crippen molar-refractivity contribution in [1.82, 2.24) is 14.5 Å². The van der Waals surface area contributed by atoms with Gasteiger partial charge in [0.25, 0.3) is 0 Å². The second kappa shape index (κ2) is 8.20. The lowest BCUT2D eigenvalue weighted by Gasteiger charge is -2.37. The molecule has 1 aromatic carbocycles. The summed E-state index contributed by atoms with van der Waals surface area (Å²) >= 11 is 0. The van der Waals surface area contributed by atoms with Crippen molar-refractivity contribution in [2.24, 2.45) is 7.05 Å². The lowest BCUT2D eigenvalue weighted by atomic mass is 10.0. The number of aliphatic hydroxyl groups excluding tert-OH is 1. The molecular weight excluding hydrogens is 352 g/mol. The number of anilines is 1. The Hall–Kier alpha value is -2.57. The third-order valence-electron chi connectivity index (χ3n) is 5.49. The van der Waals surface area contributed by atoms with Gasteiger partial charge in [0.2, 0.25) is 0 Å². The maximum atomic E-state index is 10.9. The average molecular weight is 380 g/mol. The van der Waals surface area contributed by atoms with Crippen molar-refractivity contribution in [3.05, 3.63) is 71.7 Å². The van der Waals surface area contributed by atoms with Crippen LogP contribution in [0.3, 0.4) is 0 Å². The Morgan fingerprint density at radius 3 is 2.50 bits per heavy atom. The van der Waals surface area contributed by atoms with E-state index in [0.29, 0.717) is 5.82 Å². The molecule has 1 saturated heterocycles. The summed E-state index contributed by atoms with van der Waals surface area (Å²) < 4.78 is 7.72. The molecule has 2 aromatic heterocycles. The third-order valence-corrected chi connectivity index (χ3v) is 5.49. The Kier molecular flexibility index (Phi) is 5.50. The minimum atomic E-state index is -0.732. The average Bonchev–Trinajstić information content (AvgIpc) is 3.37. The predicted octanol–water partition coefficient (Wildman–Crippen LogP) is 2.98. The number of nitrogens with zero attached hydrogens (tertiary/aromatic N) is 4. The van der Waals surface area contributed by atoms with E-state index in [2.05, 4.69) is 39.9 Å². The Morgan fingerprint density at radius 1 is 1.07 bits per heavy atom. The highest BCUT2D eigenvalue weighted by atomic mass is 16.3. The fraction of sp³-hybridized carbons (Fsp3) is 0.409. The van der Waals surface area contributed by atoms with E-state index in [1.165, 1.54) is 0 Å². The van der Waals surface area contributed by atoms with Crippen LogP contribution < -0.4 is 4.90 Å². The highest BCUT2D eigenvalue weighted by Crippen LogP contribution is 2.30. The Balaban J connectivity index is 1.44. The van der Waals surface area contributed by atoms with Gasteiger partial charge in [0.15, 0.2) is 0 Å². The van der Waals surface area contributed by atoms with Crippen molar-refractivity contribution in [2.45, 2.75) is 26.0 Å². The zero-order valence-corrected chi connectivity index (χ0v) is 16.6. The number of hydrogen-bond donors (Lipinski definition) is 1. The van der Waals surface area contributed by atoms with Gasteiger partial charge >= 0.3 is 0 Å². The van der Waals surface area contributed by atoms with Gasteiger partial charge in [0.05, 0.1) is 6.54 Å². The molecule has 4 rings (SSSR count). The van der Waals surface area contributed by atoms with Crippen LogP contribution in [0.5, 0.6) is 0 Å². The van der Waals surface area contributed by atoms with Crippen molar-refractivity contribution in [2.75, 3.05) is 31.1 Å². The molecule has 1 aliphatic rings. The Morgan fingerprint density at radius 2 is 1.82 bits per heavy atom. The van der Waals surface area contributed by atoms with Crippen LogP contribution in [-0.4, -0.2) is 45.7 Å². The van der Waals surface area contributed by atoms with E-state index in [1.54, 1.807) is 6.20 Å². The van der Waals surface area contributed by atoms with Gasteiger partial charge in [-0.15, -0.1) is 0 Å². The second-order valence-electron chi connectivity index (χ2n) is 7.34. The van der Waals surface area contributed by atoms with E-state index in [-0.39, 0.29) is 0 Å². The smallest absolute Gasteiger partial charge is 0.142 e. The minimum absolute atomic E-state index is 0.663. The molecule has 1 N–H and O–H groups in total. The molecule has 6 heteroatoms. The summed E-state index contributed by atoms with van der Waals surface area (Å²) in [6.45, 7) is 6.74. The van der Waals surface area contributed by atoms with Crippen molar-refractivity contribution in [1.29, 1.82) is 0 Å². The first-order chi connectivity index (χ1) is 13.7. The van der Waals surface area contributed by atoms with E-state index in [0.717, 1.165) is 61.9 Å². The molecule has 3 aromatic rings. The SMILES string of the molecule is CCc1ccc(CN2CCN(c3ccccc3[C@@H](O)c3nccn3C)CC2)o1. The Bertz CT molecular complexity index is 909. The molecule has 0 amide bonds. The molecule has 0 bridgehead atoms. The van der Waals surface area contributed by atoms with Gasteiger partial charge in [-0.1, -0.05) is 25.1 Å². The molecule has 0 unspecified atom stereocenters. The molecule has 0 aliphatic carbocycles. The van der Waals surface area contributed by atoms with Crippen LogP contribution in [0.15, 0.2) is 53.2 Å². The standard InChI is InChI=1S/C22H28N4O2/c1-3-17-8-9-18(28-17)16-25-12-14-26(15-13-25)20-7-5-4-6-19(20)21(27)22-23-10-11-24(22)2/h4-11,21,27H,3,12-16H2,1-2H3/t21-/m1/s1. The number of furan rings is 1. The first-order valence-electron chi connectivity index (χ1n) is 9.94. The fourth-order valence-electron chi connectivity index (χ4n) is 3.85. The zero-order chi connectivity index (χ0) is 19.5. The van der Waals surface area contributed by atoms with Crippen molar-refractivity contribution >= 4 is 5.69 Å². The van der Waals surface area contributed by atoms with E-state index in [1.807, 2.05) is 36.0 Å².